The third-order valence-corrected chi connectivity index (χ3v) is 3.20. The molecule has 16 heavy (non-hydrogen) atoms. The number of hydrogen-bond donors (Lipinski definition) is 1. The van der Waals surface area contributed by atoms with Crippen LogP contribution in [-0.4, -0.2) is 21.3 Å². The average Bonchev–Trinajstić information content (AvgIpc) is 2.80. The van der Waals surface area contributed by atoms with Gasteiger partial charge < -0.3 is 9.67 Å². The van der Waals surface area contributed by atoms with Gasteiger partial charge in [-0.25, -0.2) is 4.98 Å². The standard InChI is InChI=1S/C13H24N2O/c1-2-13(7-11-16)6-4-3-5-9-15-10-8-14-12-15/h8,10,12-13,16H,2-7,9,11H2,1H3/t13-/m1/s1. The summed E-state index contributed by atoms with van der Waals surface area (Å²) in [4.78, 5) is 4.02. The maximum absolute atomic E-state index is 8.89. The van der Waals surface area contributed by atoms with Crippen LogP contribution in [0.5, 0.6) is 0 Å². The van der Waals surface area contributed by atoms with E-state index in [0.717, 1.165) is 18.9 Å². The van der Waals surface area contributed by atoms with Gasteiger partial charge in [0.1, 0.15) is 0 Å². The molecule has 0 bridgehead atoms. The number of nitrogens with zero attached hydrogens (tertiary/aromatic N) is 2. The van der Waals surface area contributed by atoms with E-state index in [9.17, 15) is 0 Å². The molecule has 0 saturated heterocycles. The Kier molecular flexibility index (Phi) is 6.90. The lowest BCUT2D eigenvalue weighted by molar-refractivity contribution is 0.246. The quantitative estimate of drug-likeness (QED) is 0.655. The Morgan fingerprint density at radius 3 is 2.75 bits per heavy atom. The fourth-order valence-electron chi connectivity index (χ4n) is 2.06. The van der Waals surface area contributed by atoms with Crippen LogP contribution >= 0.6 is 0 Å². The predicted molar refractivity (Wildman–Crippen MR) is 66.2 cm³/mol. The van der Waals surface area contributed by atoms with Gasteiger partial charge in [0.15, 0.2) is 0 Å². The lowest BCUT2D eigenvalue weighted by Gasteiger charge is -2.12. The summed E-state index contributed by atoms with van der Waals surface area (Å²) in [6.45, 7) is 3.64. The molecule has 0 aromatic carbocycles. The van der Waals surface area contributed by atoms with E-state index in [0.29, 0.717) is 6.61 Å². The summed E-state index contributed by atoms with van der Waals surface area (Å²) in [6, 6.07) is 0. The molecular formula is C13H24N2O. The van der Waals surface area contributed by atoms with Gasteiger partial charge in [0.25, 0.3) is 0 Å². The summed E-state index contributed by atoms with van der Waals surface area (Å²) >= 11 is 0. The van der Waals surface area contributed by atoms with E-state index in [1.54, 1.807) is 0 Å². The molecule has 3 nitrogen and oxygen atoms in total. The number of rotatable bonds is 9. The lowest BCUT2D eigenvalue weighted by atomic mass is 9.96. The molecule has 0 spiro atoms. The third-order valence-electron chi connectivity index (χ3n) is 3.20. The fourth-order valence-corrected chi connectivity index (χ4v) is 2.06. The van der Waals surface area contributed by atoms with Crippen LogP contribution < -0.4 is 0 Å². The second-order valence-electron chi connectivity index (χ2n) is 4.44. The Morgan fingerprint density at radius 2 is 2.12 bits per heavy atom. The Labute approximate surface area is 98.5 Å². The smallest absolute Gasteiger partial charge is 0.0945 e. The summed E-state index contributed by atoms with van der Waals surface area (Å²) in [5.74, 6) is 0.721. The molecule has 0 aliphatic heterocycles. The highest BCUT2D eigenvalue weighted by molar-refractivity contribution is 4.73. The number of hydrogen-bond acceptors (Lipinski definition) is 2. The van der Waals surface area contributed by atoms with Crippen molar-refractivity contribution in [3.63, 3.8) is 0 Å². The van der Waals surface area contributed by atoms with Gasteiger partial charge in [-0.05, 0) is 18.8 Å². The SMILES string of the molecule is CC[C@@H](CCO)CCCCCn1ccnc1. The maximum atomic E-state index is 8.89. The van der Waals surface area contributed by atoms with Crippen molar-refractivity contribution in [3.05, 3.63) is 18.7 Å². The molecule has 3 heteroatoms. The van der Waals surface area contributed by atoms with Crippen LogP contribution in [0.3, 0.4) is 0 Å². The molecule has 1 atom stereocenters. The van der Waals surface area contributed by atoms with Crippen molar-refractivity contribution in [2.75, 3.05) is 6.61 Å². The van der Waals surface area contributed by atoms with Gasteiger partial charge in [0, 0.05) is 25.5 Å². The first-order chi connectivity index (χ1) is 7.86. The molecule has 0 fully saturated rings. The molecule has 0 aliphatic rings. The van der Waals surface area contributed by atoms with Gasteiger partial charge in [-0.1, -0.05) is 32.6 Å². The minimum absolute atomic E-state index is 0.341. The largest absolute Gasteiger partial charge is 0.396 e. The Morgan fingerprint density at radius 1 is 1.25 bits per heavy atom. The van der Waals surface area contributed by atoms with Gasteiger partial charge in [-0.2, -0.15) is 0 Å². The van der Waals surface area contributed by atoms with Gasteiger partial charge in [-0.15, -0.1) is 0 Å². The molecule has 0 aliphatic carbocycles. The first-order valence-corrected chi connectivity index (χ1v) is 6.43. The van der Waals surface area contributed by atoms with Crippen molar-refractivity contribution in [1.29, 1.82) is 0 Å². The van der Waals surface area contributed by atoms with Gasteiger partial charge in [0.05, 0.1) is 6.33 Å². The number of aliphatic hydroxyl groups is 1. The van der Waals surface area contributed by atoms with Crippen LogP contribution in [0.4, 0.5) is 0 Å². The summed E-state index contributed by atoms with van der Waals surface area (Å²) in [5.41, 5.74) is 0. The number of aromatic nitrogens is 2. The zero-order valence-electron chi connectivity index (χ0n) is 10.3. The Hall–Kier alpha value is -0.830. The second-order valence-corrected chi connectivity index (χ2v) is 4.44. The van der Waals surface area contributed by atoms with E-state index < -0.39 is 0 Å². The third kappa shape index (κ3) is 5.31. The van der Waals surface area contributed by atoms with E-state index in [1.165, 1.54) is 32.1 Å². The zero-order chi connectivity index (χ0) is 11.6. The Balaban J connectivity index is 1.98. The molecule has 0 radical (unpaired) electrons. The van der Waals surface area contributed by atoms with Crippen LogP contribution in [0.25, 0.3) is 0 Å². The van der Waals surface area contributed by atoms with Crippen molar-refractivity contribution in [3.8, 4) is 0 Å². The molecule has 1 aromatic rings. The molecular weight excluding hydrogens is 200 g/mol. The van der Waals surface area contributed by atoms with Crippen molar-refractivity contribution in [1.82, 2.24) is 9.55 Å². The van der Waals surface area contributed by atoms with Crippen LogP contribution in [0, 0.1) is 5.92 Å². The minimum Gasteiger partial charge on any atom is -0.396 e. The van der Waals surface area contributed by atoms with E-state index in [-0.39, 0.29) is 0 Å². The highest BCUT2D eigenvalue weighted by Gasteiger charge is 2.04. The number of aryl methyl sites for hydroxylation is 1. The average molecular weight is 224 g/mol. The van der Waals surface area contributed by atoms with Gasteiger partial charge in [0.2, 0.25) is 0 Å². The fraction of sp³-hybridized carbons (Fsp3) is 0.769. The molecule has 1 aromatic heterocycles. The maximum Gasteiger partial charge on any atom is 0.0945 e. The van der Waals surface area contributed by atoms with Crippen LogP contribution in [0.1, 0.15) is 45.4 Å². The molecule has 1 heterocycles. The molecule has 0 amide bonds. The van der Waals surface area contributed by atoms with Gasteiger partial charge >= 0.3 is 0 Å². The first-order valence-electron chi connectivity index (χ1n) is 6.43. The summed E-state index contributed by atoms with van der Waals surface area (Å²) < 4.78 is 2.13. The zero-order valence-corrected chi connectivity index (χ0v) is 10.3. The lowest BCUT2D eigenvalue weighted by Crippen LogP contribution is -2.02. The normalized spacial score (nSPS) is 12.9. The van der Waals surface area contributed by atoms with Crippen LogP contribution in [0.2, 0.25) is 0 Å². The molecule has 0 saturated carbocycles. The number of imidazole rings is 1. The molecule has 92 valence electrons. The van der Waals surface area contributed by atoms with Crippen molar-refractivity contribution >= 4 is 0 Å². The highest BCUT2D eigenvalue weighted by Crippen LogP contribution is 2.16. The molecule has 1 rings (SSSR count). The minimum atomic E-state index is 0.341. The van der Waals surface area contributed by atoms with Gasteiger partial charge in [-0.3, -0.25) is 0 Å². The highest BCUT2D eigenvalue weighted by atomic mass is 16.3. The van der Waals surface area contributed by atoms with Crippen molar-refractivity contribution < 1.29 is 5.11 Å². The van der Waals surface area contributed by atoms with E-state index in [4.69, 9.17) is 5.11 Å². The summed E-state index contributed by atoms with van der Waals surface area (Å²) in [5, 5.41) is 8.89. The van der Waals surface area contributed by atoms with Crippen molar-refractivity contribution in [2.24, 2.45) is 5.92 Å². The van der Waals surface area contributed by atoms with E-state index >= 15 is 0 Å². The number of unbranched alkanes of at least 4 members (excludes halogenated alkanes) is 2. The van der Waals surface area contributed by atoms with Crippen molar-refractivity contribution in [2.45, 2.75) is 52.0 Å². The monoisotopic (exact) mass is 224 g/mol. The second kappa shape index (κ2) is 8.34. The summed E-state index contributed by atoms with van der Waals surface area (Å²) in [6.07, 6.45) is 12.9. The van der Waals surface area contributed by atoms with Crippen LogP contribution in [0.15, 0.2) is 18.7 Å². The molecule has 1 N–H and O–H groups in total. The topological polar surface area (TPSA) is 38.0 Å². The van der Waals surface area contributed by atoms with E-state index in [2.05, 4.69) is 16.5 Å². The molecule has 0 unspecified atom stereocenters. The first kappa shape index (κ1) is 13.2. The Bertz CT molecular complexity index is 246. The number of aliphatic hydroxyl groups excluding tert-OH is 1. The summed E-state index contributed by atoms with van der Waals surface area (Å²) in [7, 11) is 0. The predicted octanol–water partition coefficient (Wildman–Crippen LogP) is 2.85. The van der Waals surface area contributed by atoms with Crippen LogP contribution in [-0.2, 0) is 6.54 Å². The van der Waals surface area contributed by atoms with E-state index in [1.807, 2.05) is 18.7 Å².